The first-order valence-corrected chi connectivity index (χ1v) is 10.2. The highest BCUT2D eigenvalue weighted by Crippen LogP contribution is 2.22. The summed E-state index contributed by atoms with van der Waals surface area (Å²) in [7, 11) is 0. The van der Waals surface area contributed by atoms with E-state index in [2.05, 4.69) is 16.2 Å². The summed E-state index contributed by atoms with van der Waals surface area (Å²) in [6, 6.07) is 9.78. The molecule has 6 nitrogen and oxygen atoms in total. The molecule has 3 amide bonds. The van der Waals surface area contributed by atoms with Gasteiger partial charge in [0.25, 0.3) is 17.7 Å². The van der Waals surface area contributed by atoms with Crippen LogP contribution >= 0.6 is 11.3 Å². The number of rotatable bonds is 7. The molecular weight excluding hydrogens is 374 g/mol. The zero-order valence-corrected chi connectivity index (χ0v) is 17.5. The van der Waals surface area contributed by atoms with Gasteiger partial charge in [-0.1, -0.05) is 45.4 Å². The first-order valence-electron chi connectivity index (χ1n) is 9.42. The van der Waals surface area contributed by atoms with Crippen molar-refractivity contribution in [3.8, 4) is 0 Å². The standard InChI is InChI=1S/C21H27N3O3S/c1-5-13(3)18(22-19(25)15-10-8-7-9-11-15)21(27)24-23-20(26)17-12-14(4)16(6-2)28-17/h7-13,18H,5-6H2,1-4H3,(H,22,25)(H,23,26)(H,24,27)/t13-,18-/m0/s1. The van der Waals surface area contributed by atoms with E-state index in [1.54, 1.807) is 24.3 Å². The molecule has 0 saturated carbocycles. The molecule has 150 valence electrons. The van der Waals surface area contributed by atoms with Gasteiger partial charge in [-0.3, -0.25) is 25.2 Å². The minimum Gasteiger partial charge on any atom is -0.340 e. The molecule has 1 heterocycles. The number of carbonyl (C=O) groups is 3. The first-order chi connectivity index (χ1) is 13.4. The van der Waals surface area contributed by atoms with Gasteiger partial charge in [-0.05, 0) is 43.0 Å². The van der Waals surface area contributed by atoms with Crippen LogP contribution in [0.3, 0.4) is 0 Å². The quantitative estimate of drug-likeness (QED) is 0.623. The Morgan fingerprint density at radius 2 is 1.71 bits per heavy atom. The Balaban J connectivity index is 2.02. The molecule has 0 saturated heterocycles. The Labute approximate surface area is 169 Å². The Morgan fingerprint density at radius 1 is 1.04 bits per heavy atom. The molecule has 0 bridgehead atoms. The van der Waals surface area contributed by atoms with Crippen molar-refractivity contribution in [3.63, 3.8) is 0 Å². The Bertz CT molecular complexity index is 833. The maximum absolute atomic E-state index is 12.6. The average Bonchev–Trinajstić information content (AvgIpc) is 3.10. The van der Waals surface area contributed by atoms with Crippen molar-refractivity contribution in [2.24, 2.45) is 5.92 Å². The second-order valence-corrected chi connectivity index (χ2v) is 7.85. The van der Waals surface area contributed by atoms with Crippen LogP contribution < -0.4 is 16.2 Å². The predicted molar refractivity (Wildman–Crippen MR) is 111 cm³/mol. The molecule has 3 N–H and O–H groups in total. The number of aryl methyl sites for hydroxylation is 2. The van der Waals surface area contributed by atoms with Crippen molar-refractivity contribution in [1.82, 2.24) is 16.2 Å². The molecule has 1 aromatic heterocycles. The van der Waals surface area contributed by atoms with Gasteiger partial charge < -0.3 is 5.32 Å². The number of hydrogen-bond donors (Lipinski definition) is 3. The number of hydrazine groups is 1. The number of thiophene rings is 1. The summed E-state index contributed by atoms with van der Waals surface area (Å²) in [5, 5.41) is 2.77. The molecule has 0 unspecified atom stereocenters. The molecule has 0 fully saturated rings. The molecule has 2 rings (SSSR count). The molecule has 0 radical (unpaired) electrons. The fraction of sp³-hybridized carbons (Fsp3) is 0.381. The lowest BCUT2D eigenvalue weighted by Gasteiger charge is -2.23. The zero-order valence-electron chi connectivity index (χ0n) is 16.7. The van der Waals surface area contributed by atoms with Gasteiger partial charge in [-0.15, -0.1) is 11.3 Å². The van der Waals surface area contributed by atoms with Crippen molar-refractivity contribution < 1.29 is 14.4 Å². The Kier molecular flexibility index (Phi) is 7.75. The largest absolute Gasteiger partial charge is 0.340 e. The highest BCUT2D eigenvalue weighted by molar-refractivity contribution is 7.14. The predicted octanol–water partition coefficient (Wildman–Crippen LogP) is 3.22. The summed E-state index contributed by atoms with van der Waals surface area (Å²) in [5.74, 6) is -1.23. The molecule has 28 heavy (non-hydrogen) atoms. The molecular formula is C21H27N3O3S. The summed E-state index contributed by atoms with van der Waals surface area (Å²) in [6.45, 7) is 7.82. The van der Waals surface area contributed by atoms with Crippen molar-refractivity contribution in [2.75, 3.05) is 0 Å². The van der Waals surface area contributed by atoms with Gasteiger partial charge in [0.05, 0.1) is 4.88 Å². The van der Waals surface area contributed by atoms with Gasteiger partial charge in [0, 0.05) is 10.4 Å². The molecule has 1 aromatic carbocycles. The maximum atomic E-state index is 12.6. The zero-order chi connectivity index (χ0) is 20.7. The lowest BCUT2D eigenvalue weighted by molar-refractivity contribution is -0.124. The SMILES string of the molecule is CCc1sc(C(=O)NNC(=O)[C@@H](NC(=O)c2ccccc2)[C@@H](C)CC)cc1C. The van der Waals surface area contributed by atoms with Crippen molar-refractivity contribution in [1.29, 1.82) is 0 Å². The molecule has 2 atom stereocenters. The van der Waals surface area contributed by atoms with E-state index in [9.17, 15) is 14.4 Å². The van der Waals surface area contributed by atoms with E-state index in [1.807, 2.05) is 39.8 Å². The van der Waals surface area contributed by atoms with Gasteiger partial charge in [-0.2, -0.15) is 0 Å². The van der Waals surface area contributed by atoms with E-state index >= 15 is 0 Å². The fourth-order valence-electron chi connectivity index (χ4n) is 2.76. The van der Waals surface area contributed by atoms with E-state index in [0.717, 1.165) is 16.9 Å². The van der Waals surface area contributed by atoms with Crippen molar-refractivity contribution in [2.45, 2.75) is 46.6 Å². The number of carbonyl (C=O) groups excluding carboxylic acids is 3. The van der Waals surface area contributed by atoms with Crippen LogP contribution in [0, 0.1) is 12.8 Å². The highest BCUT2D eigenvalue weighted by atomic mass is 32.1. The number of nitrogens with one attached hydrogen (secondary N) is 3. The number of hydrogen-bond acceptors (Lipinski definition) is 4. The number of benzene rings is 1. The van der Waals surface area contributed by atoms with Gasteiger partial charge in [0.2, 0.25) is 0 Å². The van der Waals surface area contributed by atoms with Crippen LogP contribution in [-0.4, -0.2) is 23.8 Å². The summed E-state index contributed by atoms with van der Waals surface area (Å²) >= 11 is 1.41. The van der Waals surface area contributed by atoms with Gasteiger partial charge in [0.1, 0.15) is 6.04 Å². The van der Waals surface area contributed by atoms with E-state index in [1.165, 1.54) is 11.3 Å². The van der Waals surface area contributed by atoms with Gasteiger partial charge in [-0.25, -0.2) is 0 Å². The third kappa shape index (κ3) is 5.42. The summed E-state index contributed by atoms with van der Waals surface area (Å²) in [5.41, 5.74) is 6.46. The second kappa shape index (κ2) is 10.0. The van der Waals surface area contributed by atoms with Crippen LogP contribution in [0.4, 0.5) is 0 Å². The van der Waals surface area contributed by atoms with Crippen LogP contribution in [0.5, 0.6) is 0 Å². The second-order valence-electron chi connectivity index (χ2n) is 6.72. The van der Waals surface area contributed by atoms with E-state index in [-0.39, 0.29) is 17.7 Å². The minimum absolute atomic E-state index is 0.0970. The lowest BCUT2D eigenvalue weighted by atomic mass is 9.98. The van der Waals surface area contributed by atoms with Crippen LogP contribution in [0.2, 0.25) is 0 Å². The molecule has 0 aliphatic rings. The Hall–Kier alpha value is -2.67. The van der Waals surface area contributed by atoms with Gasteiger partial charge in [0.15, 0.2) is 0 Å². The normalized spacial score (nSPS) is 12.7. The smallest absolute Gasteiger partial charge is 0.279 e. The molecule has 2 aromatic rings. The summed E-state index contributed by atoms with van der Waals surface area (Å²) in [4.78, 5) is 39.1. The average molecular weight is 402 g/mol. The topological polar surface area (TPSA) is 87.3 Å². The Morgan fingerprint density at radius 3 is 2.29 bits per heavy atom. The minimum atomic E-state index is -0.755. The summed E-state index contributed by atoms with van der Waals surface area (Å²) in [6.07, 6.45) is 1.56. The van der Waals surface area contributed by atoms with E-state index in [0.29, 0.717) is 16.9 Å². The van der Waals surface area contributed by atoms with Crippen LogP contribution in [-0.2, 0) is 11.2 Å². The molecule has 7 heteroatoms. The van der Waals surface area contributed by atoms with Gasteiger partial charge >= 0.3 is 0 Å². The van der Waals surface area contributed by atoms with E-state index in [4.69, 9.17) is 0 Å². The maximum Gasteiger partial charge on any atom is 0.279 e. The third-order valence-electron chi connectivity index (χ3n) is 4.68. The molecule has 0 aliphatic carbocycles. The van der Waals surface area contributed by atoms with Crippen LogP contribution in [0.15, 0.2) is 36.4 Å². The van der Waals surface area contributed by atoms with Crippen molar-refractivity contribution >= 4 is 29.1 Å². The first kappa shape index (κ1) is 21.6. The lowest BCUT2D eigenvalue weighted by Crippen LogP contribution is -2.54. The number of amides is 3. The third-order valence-corrected chi connectivity index (χ3v) is 6.06. The molecule has 0 aliphatic heterocycles. The highest BCUT2D eigenvalue weighted by Gasteiger charge is 2.27. The summed E-state index contributed by atoms with van der Waals surface area (Å²) < 4.78 is 0. The van der Waals surface area contributed by atoms with Crippen LogP contribution in [0.25, 0.3) is 0 Å². The van der Waals surface area contributed by atoms with E-state index < -0.39 is 11.9 Å². The fourth-order valence-corrected chi connectivity index (χ4v) is 3.77. The monoisotopic (exact) mass is 401 g/mol. The van der Waals surface area contributed by atoms with Crippen LogP contribution in [0.1, 0.15) is 57.7 Å². The molecule has 0 spiro atoms. The van der Waals surface area contributed by atoms with Crippen molar-refractivity contribution in [3.05, 3.63) is 57.3 Å².